The van der Waals surface area contributed by atoms with E-state index in [2.05, 4.69) is 13.8 Å². The topological polar surface area (TPSA) is 35.5 Å². The van der Waals surface area contributed by atoms with Gasteiger partial charge in [-0.05, 0) is 31.0 Å². The Morgan fingerprint density at radius 2 is 1.50 bits per heavy atom. The van der Waals surface area contributed by atoms with Gasteiger partial charge in [0.1, 0.15) is 6.29 Å². The molecule has 3 nitrogen and oxygen atoms in total. The van der Waals surface area contributed by atoms with Crippen molar-refractivity contribution in [2.45, 2.75) is 52.4 Å². The fourth-order valence-electron chi connectivity index (χ4n) is 1.90. The van der Waals surface area contributed by atoms with E-state index in [-0.39, 0.29) is 0 Å². The van der Waals surface area contributed by atoms with Crippen LogP contribution in [-0.4, -0.2) is 19.5 Å². The number of hydrogen-bond donors (Lipinski definition) is 0. The quantitative estimate of drug-likeness (QED) is 0.437. The monoisotopic (exact) mass is 278 g/mol. The van der Waals surface area contributed by atoms with Crippen molar-refractivity contribution < 1.29 is 14.3 Å². The molecule has 0 heterocycles. The molecule has 0 aliphatic carbocycles. The molecule has 0 radical (unpaired) electrons. The summed E-state index contributed by atoms with van der Waals surface area (Å²) in [5.74, 6) is 1.42. The first-order chi connectivity index (χ1) is 9.81. The predicted octanol–water partition coefficient (Wildman–Crippen LogP) is 4.64. The molecule has 0 aliphatic rings. The van der Waals surface area contributed by atoms with E-state index in [1.807, 2.05) is 6.07 Å². The SMILES string of the molecule is CCCCCOc1ccc(C=O)cc1OCCCCC. The Labute approximate surface area is 122 Å². The minimum Gasteiger partial charge on any atom is -0.490 e. The van der Waals surface area contributed by atoms with Crippen molar-refractivity contribution in [1.29, 1.82) is 0 Å². The van der Waals surface area contributed by atoms with Gasteiger partial charge in [0.25, 0.3) is 0 Å². The van der Waals surface area contributed by atoms with E-state index in [9.17, 15) is 4.79 Å². The Balaban J connectivity index is 2.58. The van der Waals surface area contributed by atoms with Gasteiger partial charge in [0, 0.05) is 5.56 Å². The lowest BCUT2D eigenvalue weighted by Crippen LogP contribution is -2.03. The van der Waals surface area contributed by atoms with E-state index < -0.39 is 0 Å². The maximum Gasteiger partial charge on any atom is 0.161 e. The summed E-state index contributed by atoms with van der Waals surface area (Å²) in [7, 11) is 0. The lowest BCUT2D eigenvalue weighted by Gasteiger charge is -2.13. The first kappa shape index (κ1) is 16.5. The number of carbonyl (C=O) groups is 1. The van der Waals surface area contributed by atoms with Gasteiger partial charge in [-0.1, -0.05) is 39.5 Å². The van der Waals surface area contributed by atoms with Gasteiger partial charge in [0.2, 0.25) is 0 Å². The lowest BCUT2D eigenvalue weighted by atomic mass is 10.2. The molecule has 0 aliphatic heterocycles. The number of rotatable bonds is 11. The minimum absolute atomic E-state index is 0.622. The van der Waals surface area contributed by atoms with Crippen LogP contribution in [0.25, 0.3) is 0 Å². The Morgan fingerprint density at radius 3 is 2.05 bits per heavy atom. The molecular formula is C17H26O3. The lowest BCUT2D eigenvalue weighted by molar-refractivity contribution is 0.112. The van der Waals surface area contributed by atoms with Gasteiger partial charge in [-0.15, -0.1) is 0 Å². The van der Waals surface area contributed by atoms with Crippen molar-refractivity contribution >= 4 is 6.29 Å². The molecule has 0 saturated heterocycles. The van der Waals surface area contributed by atoms with Crippen LogP contribution in [0.2, 0.25) is 0 Å². The first-order valence-corrected chi connectivity index (χ1v) is 7.66. The van der Waals surface area contributed by atoms with Crippen molar-refractivity contribution in [1.82, 2.24) is 0 Å². The number of aldehydes is 1. The summed E-state index contributed by atoms with van der Waals surface area (Å²) in [6.45, 7) is 5.69. The Bertz CT molecular complexity index is 388. The van der Waals surface area contributed by atoms with Crippen LogP contribution >= 0.6 is 0 Å². The van der Waals surface area contributed by atoms with Crippen LogP contribution in [0.15, 0.2) is 18.2 Å². The summed E-state index contributed by atoms with van der Waals surface area (Å²) in [5, 5.41) is 0. The zero-order valence-electron chi connectivity index (χ0n) is 12.7. The number of benzene rings is 1. The van der Waals surface area contributed by atoms with E-state index in [1.165, 1.54) is 12.8 Å². The number of hydrogen-bond acceptors (Lipinski definition) is 3. The fraction of sp³-hybridized carbons (Fsp3) is 0.588. The Morgan fingerprint density at radius 1 is 0.900 bits per heavy atom. The van der Waals surface area contributed by atoms with Gasteiger partial charge in [-0.3, -0.25) is 4.79 Å². The van der Waals surface area contributed by atoms with Crippen LogP contribution in [0.5, 0.6) is 11.5 Å². The summed E-state index contributed by atoms with van der Waals surface area (Å²) in [4.78, 5) is 10.8. The van der Waals surface area contributed by atoms with E-state index in [4.69, 9.17) is 9.47 Å². The maximum absolute atomic E-state index is 10.8. The molecule has 1 aromatic rings. The van der Waals surface area contributed by atoms with E-state index in [1.54, 1.807) is 12.1 Å². The Hall–Kier alpha value is -1.51. The van der Waals surface area contributed by atoms with Crippen LogP contribution in [0, 0.1) is 0 Å². The highest BCUT2D eigenvalue weighted by Crippen LogP contribution is 2.28. The predicted molar refractivity (Wildman–Crippen MR) is 81.9 cm³/mol. The zero-order chi connectivity index (χ0) is 14.6. The minimum atomic E-state index is 0.622. The third-order valence-electron chi connectivity index (χ3n) is 3.11. The average Bonchev–Trinajstić information content (AvgIpc) is 2.49. The normalized spacial score (nSPS) is 10.3. The molecule has 0 fully saturated rings. The highest BCUT2D eigenvalue weighted by molar-refractivity contribution is 5.76. The van der Waals surface area contributed by atoms with Crippen LogP contribution in [0.3, 0.4) is 0 Å². The van der Waals surface area contributed by atoms with Gasteiger partial charge < -0.3 is 9.47 Å². The molecule has 0 aromatic heterocycles. The van der Waals surface area contributed by atoms with Gasteiger partial charge in [-0.2, -0.15) is 0 Å². The smallest absolute Gasteiger partial charge is 0.161 e. The summed E-state index contributed by atoms with van der Waals surface area (Å²) in [6, 6.07) is 5.35. The molecule has 0 N–H and O–H groups in total. The second kappa shape index (κ2) is 10.3. The van der Waals surface area contributed by atoms with Gasteiger partial charge >= 0.3 is 0 Å². The molecule has 3 heteroatoms. The number of ether oxygens (including phenoxy) is 2. The molecule has 0 amide bonds. The Kier molecular flexibility index (Phi) is 8.52. The van der Waals surface area contributed by atoms with Crippen molar-refractivity contribution in [2.24, 2.45) is 0 Å². The number of carbonyl (C=O) groups excluding carboxylic acids is 1. The van der Waals surface area contributed by atoms with Crippen molar-refractivity contribution in [3.63, 3.8) is 0 Å². The average molecular weight is 278 g/mol. The largest absolute Gasteiger partial charge is 0.490 e. The van der Waals surface area contributed by atoms with Gasteiger partial charge in [0.05, 0.1) is 13.2 Å². The molecule has 1 aromatic carbocycles. The van der Waals surface area contributed by atoms with E-state index >= 15 is 0 Å². The van der Waals surface area contributed by atoms with Crippen molar-refractivity contribution in [3.05, 3.63) is 23.8 Å². The summed E-state index contributed by atoms with van der Waals surface area (Å²) >= 11 is 0. The third kappa shape index (κ3) is 6.09. The van der Waals surface area contributed by atoms with Crippen molar-refractivity contribution in [3.8, 4) is 11.5 Å². The molecule has 0 bridgehead atoms. The van der Waals surface area contributed by atoms with Crippen LogP contribution in [0.4, 0.5) is 0 Å². The first-order valence-electron chi connectivity index (χ1n) is 7.66. The maximum atomic E-state index is 10.8. The van der Waals surface area contributed by atoms with Crippen LogP contribution in [-0.2, 0) is 0 Å². The number of unbranched alkanes of at least 4 members (excludes halogenated alkanes) is 4. The second-order valence-electron chi connectivity index (χ2n) is 4.94. The third-order valence-corrected chi connectivity index (χ3v) is 3.11. The van der Waals surface area contributed by atoms with E-state index in [0.717, 1.165) is 37.7 Å². The fourth-order valence-corrected chi connectivity index (χ4v) is 1.90. The van der Waals surface area contributed by atoms with E-state index in [0.29, 0.717) is 24.5 Å². The van der Waals surface area contributed by atoms with Crippen LogP contribution < -0.4 is 9.47 Å². The molecule has 112 valence electrons. The van der Waals surface area contributed by atoms with Crippen LogP contribution in [0.1, 0.15) is 62.7 Å². The van der Waals surface area contributed by atoms with Gasteiger partial charge in [0.15, 0.2) is 11.5 Å². The standard InChI is InChI=1S/C17H26O3/c1-3-5-7-11-19-16-10-9-15(14-18)13-17(16)20-12-8-6-4-2/h9-10,13-14H,3-8,11-12H2,1-2H3. The summed E-state index contributed by atoms with van der Waals surface area (Å²) in [6.07, 6.45) is 7.56. The van der Waals surface area contributed by atoms with Crippen molar-refractivity contribution in [2.75, 3.05) is 13.2 Å². The van der Waals surface area contributed by atoms with Gasteiger partial charge in [-0.25, -0.2) is 0 Å². The molecule has 20 heavy (non-hydrogen) atoms. The summed E-state index contributed by atoms with van der Waals surface area (Å²) < 4.78 is 11.5. The summed E-state index contributed by atoms with van der Waals surface area (Å²) in [5.41, 5.74) is 0.622. The molecule has 0 spiro atoms. The molecular weight excluding hydrogens is 252 g/mol. The molecule has 1 rings (SSSR count). The highest BCUT2D eigenvalue weighted by Gasteiger charge is 2.06. The second-order valence-corrected chi connectivity index (χ2v) is 4.94. The highest BCUT2D eigenvalue weighted by atomic mass is 16.5. The molecule has 0 atom stereocenters. The molecule has 0 saturated carbocycles. The zero-order valence-corrected chi connectivity index (χ0v) is 12.7. The molecule has 0 unspecified atom stereocenters.